The highest BCUT2D eigenvalue weighted by atomic mass is 16.5. The molecule has 1 N–H and O–H groups in total. The number of piperidine rings is 1. The number of anilines is 1. The van der Waals surface area contributed by atoms with Gasteiger partial charge in [0.25, 0.3) is 0 Å². The topological polar surface area (TPSA) is 63.2 Å². The number of aryl methyl sites for hydroxylation is 2. The smallest absolute Gasteiger partial charge is 0.223 e. The molecule has 3 heterocycles. The molecule has 4 rings (SSSR count). The normalized spacial score (nSPS) is 15.1. The van der Waals surface area contributed by atoms with Crippen molar-refractivity contribution in [1.82, 2.24) is 19.9 Å². The zero-order valence-electron chi connectivity index (χ0n) is 17.7. The van der Waals surface area contributed by atoms with Crippen molar-refractivity contribution < 1.29 is 4.74 Å². The van der Waals surface area contributed by atoms with Gasteiger partial charge in [-0.1, -0.05) is 6.07 Å². The number of pyridine rings is 1. The van der Waals surface area contributed by atoms with Gasteiger partial charge in [-0.2, -0.15) is 0 Å². The molecular weight excluding hydrogens is 374 g/mol. The number of hydrogen-bond donors (Lipinski definition) is 1. The number of aromatic nitrogens is 3. The van der Waals surface area contributed by atoms with Crippen LogP contribution in [0.5, 0.6) is 5.75 Å². The van der Waals surface area contributed by atoms with Gasteiger partial charge in [-0.3, -0.25) is 4.98 Å². The van der Waals surface area contributed by atoms with Gasteiger partial charge >= 0.3 is 0 Å². The maximum absolute atomic E-state index is 6.20. The van der Waals surface area contributed by atoms with Crippen molar-refractivity contribution in [3.63, 3.8) is 0 Å². The maximum atomic E-state index is 6.20. The lowest BCUT2D eigenvalue weighted by Gasteiger charge is -2.32. The number of nitrogens with zero attached hydrogens (tertiary/aromatic N) is 4. The fourth-order valence-electron chi connectivity index (χ4n) is 3.68. The second-order valence-corrected chi connectivity index (χ2v) is 7.84. The van der Waals surface area contributed by atoms with Gasteiger partial charge in [-0.25, -0.2) is 9.97 Å². The number of likely N-dealkylation sites (tertiary alicyclic amines) is 1. The van der Waals surface area contributed by atoms with E-state index >= 15 is 0 Å². The first-order valence-electron chi connectivity index (χ1n) is 10.6. The molecule has 1 aliphatic heterocycles. The number of hydrogen-bond acceptors (Lipinski definition) is 6. The van der Waals surface area contributed by atoms with Crippen molar-refractivity contribution in [3.8, 4) is 17.0 Å². The van der Waals surface area contributed by atoms with Crippen molar-refractivity contribution in [2.45, 2.75) is 32.8 Å². The fourth-order valence-corrected chi connectivity index (χ4v) is 3.68. The summed E-state index contributed by atoms with van der Waals surface area (Å²) in [6, 6.07) is 12.2. The van der Waals surface area contributed by atoms with E-state index in [0.29, 0.717) is 12.1 Å². The Hall–Kier alpha value is -2.99. The van der Waals surface area contributed by atoms with Crippen molar-refractivity contribution in [2.75, 3.05) is 31.5 Å². The molecule has 0 amide bonds. The van der Waals surface area contributed by atoms with Crippen molar-refractivity contribution >= 4 is 5.95 Å². The van der Waals surface area contributed by atoms with Crippen molar-refractivity contribution in [1.29, 1.82) is 0 Å². The predicted molar refractivity (Wildman–Crippen MR) is 120 cm³/mol. The van der Waals surface area contributed by atoms with Crippen LogP contribution in [0.3, 0.4) is 0 Å². The molecule has 6 nitrogen and oxygen atoms in total. The summed E-state index contributed by atoms with van der Waals surface area (Å²) >= 11 is 0. The van der Waals surface area contributed by atoms with Crippen LogP contribution >= 0.6 is 0 Å². The van der Waals surface area contributed by atoms with Crippen LogP contribution in [0.1, 0.15) is 24.0 Å². The second-order valence-electron chi connectivity index (χ2n) is 7.84. The van der Waals surface area contributed by atoms with E-state index in [-0.39, 0.29) is 0 Å². The van der Waals surface area contributed by atoms with E-state index in [4.69, 9.17) is 4.74 Å². The van der Waals surface area contributed by atoms with Crippen molar-refractivity contribution in [3.05, 3.63) is 66.1 Å². The van der Waals surface area contributed by atoms with Crippen LogP contribution in [0.25, 0.3) is 11.3 Å². The molecule has 3 aromatic rings. The quantitative estimate of drug-likeness (QED) is 0.641. The first-order valence-corrected chi connectivity index (χ1v) is 10.6. The maximum Gasteiger partial charge on any atom is 0.223 e. The highest BCUT2D eigenvalue weighted by Gasteiger charge is 2.20. The third kappa shape index (κ3) is 5.33. The Balaban J connectivity index is 1.21. The summed E-state index contributed by atoms with van der Waals surface area (Å²) in [5.74, 6) is 1.65. The molecule has 0 saturated carbocycles. The SMILES string of the molecule is Cc1ccc(OC2CCN(CCNc3nccc(-c4cccnc4)n3)CC2)cc1C. The second kappa shape index (κ2) is 9.67. The zero-order valence-corrected chi connectivity index (χ0v) is 17.7. The Morgan fingerprint density at radius 1 is 1.07 bits per heavy atom. The van der Waals surface area contributed by atoms with Gasteiger partial charge in [-0.05, 0) is 68.1 Å². The summed E-state index contributed by atoms with van der Waals surface area (Å²) < 4.78 is 6.20. The average molecular weight is 404 g/mol. The van der Waals surface area contributed by atoms with Gasteiger partial charge in [0.15, 0.2) is 0 Å². The number of benzene rings is 1. The molecule has 2 aromatic heterocycles. The lowest BCUT2D eigenvalue weighted by Crippen LogP contribution is -2.40. The molecule has 0 atom stereocenters. The third-order valence-electron chi connectivity index (χ3n) is 5.64. The Kier molecular flexibility index (Phi) is 6.54. The summed E-state index contributed by atoms with van der Waals surface area (Å²) in [4.78, 5) is 15.6. The van der Waals surface area contributed by atoms with Crippen LogP contribution in [0, 0.1) is 13.8 Å². The molecule has 0 spiro atoms. The summed E-state index contributed by atoms with van der Waals surface area (Å²) in [6.45, 7) is 8.15. The molecule has 1 saturated heterocycles. The molecular formula is C24H29N5O. The highest BCUT2D eigenvalue weighted by molar-refractivity contribution is 5.58. The molecule has 0 unspecified atom stereocenters. The van der Waals surface area contributed by atoms with Crippen LogP contribution in [-0.4, -0.2) is 52.1 Å². The van der Waals surface area contributed by atoms with E-state index < -0.39 is 0 Å². The highest BCUT2D eigenvalue weighted by Crippen LogP contribution is 2.22. The zero-order chi connectivity index (χ0) is 20.8. The molecule has 1 aromatic carbocycles. The van der Waals surface area contributed by atoms with Gasteiger partial charge in [0.1, 0.15) is 11.9 Å². The molecule has 1 aliphatic rings. The number of ether oxygens (including phenoxy) is 1. The summed E-state index contributed by atoms with van der Waals surface area (Å²) in [7, 11) is 0. The van der Waals surface area contributed by atoms with Gasteiger partial charge in [0.2, 0.25) is 5.95 Å². The molecule has 0 bridgehead atoms. The minimum absolute atomic E-state index is 0.302. The average Bonchev–Trinajstić information content (AvgIpc) is 2.78. The minimum Gasteiger partial charge on any atom is -0.490 e. The van der Waals surface area contributed by atoms with Gasteiger partial charge in [-0.15, -0.1) is 0 Å². The van der Waals surface area contributed by atoms with Gasteiger partial charge in [0.05, 0.1) is 5.69 Å². The van der Waals surface area contributed by atoms with E-state index in [0.717, 1.165) is 56.0 Å². The largest absolute Gasteiger partial charge is 0.490 e. The van der Waals surface area contributed by atoms with Gasteiger partial charge < -0.3 is 15.0 Å². The van der Waals surface area contributed by atoms with Crippen LogP contribution in [0.4, 0.5) is 5.95 Å². The lowest BCUT2D eigenvalue weighted by molar-refractivity contribution is 0.103. The Morgan fingerprint density at radius 2 is 1.93 bits per heavy atom. The van der Waals surface area contributed by atoms with Gasteiger partial charge in [0, 0.05) is 50.3 Å². The predicted octanol–water partition coefficient (Wildman–Crippen LogP) is 4.11. The van der Waals surface area contributed by atoms with E-state index in [1.165, 1.54) is 11.1 Å². The van der Waals surface area contributed by atoms with Crippen LogP contribution in [0.15, 0.2) is 55.0 Å². The first kappa shape index (κ1) is 20.3. The first-order chi connectivity index (χ1) is 14.7. The minimum atomic E-state index is 0.302. The molecule has 156 valence electrons. The van der Waals surface area contributed by atoms with E-state index in [1.807, 2.05) is 24.4 Å². The van der Waals surface area contributed by atoms with E-state index in [2.05, 4.69) is 57.2 Å². The van der Waals surface area contributed by atoms with Crippen LogP contribution in [0.2, 0.25) is 0 Å². The van der Waals surface area contributed by atoms with E-state index in [9.17, 15) is 0 Å². The molecule has 1 fully saturated rings. The van der Waals surface area contributed by atoms with Crippen molar-refractivity contribution in [2.24, 2.45) is 0 Å². The third-order valence-corrected chi connectivity index (χ3v) is 5.64. The summed E-state index contributed by atoms with van der Waals surface area (Å²) in [6.07, 6.45) is 7.78. The van der Waals surface area contributed by atoms with Crippen LogP contribution < -0.4 is 10.1 Å². The molecule has 0 radical (unpaired) electrons. The van der Waals surface area contributed by atoms with E-state index in [1.54, 1.807) is 12.4 Å². The Bertz CT molecular complexity index is 955. The standard InChI is InChI=1S/C24H29N5O/c1-18-5-6-22(16-19(18)2)30-21-8-13-29(14-9-21)15-12-27-24-26-11-7-23(28-24)20-4-3-10-25-17-20/h3-7,10-11,16-17,21H,8-9,12-15H2,1-2H3,(H,26,27,28). The summed E-state index contributed by atoms with van der Waals surface area (Å²) in [5, 5.41) is 3.35. The monoisotopic (exact) mass is 403 g/mol. The molecule has 30 heavy (non-hydrogen) atoms. The number of rotatable bonds is 7. The fraction of sp³-hybridized carbons (Fsp3) is 0.375. The Morgan fingerprint density at radius 3 is 2.70 bits per heavy atom. The molecule has 0 aliphatic carbocycles. The lowest BCUT2D eigenvalue weighted by atomic mass is 10.1. The summed E-state index contributed by atoms with van der Waals surface area (Å²) in [5.41, 5.74) is 4.46. The molecule has 6 heteroatoms. The Labute approximate surface area is 178 Å². The van der Waals surface area contributed by atoms with Crippen LogP contribution in [-0.2, 0) is 0 Å². The number of nitrogens with one attached hydrogen (secondary N) is 1.